The summed E-state index contributed by atoms with van der Waals surface area (Å²) >= 11 is 0. The maximum Gasteiger partial charge on any atom is 0.301 e. The molecule has 0 aromatic heterocycles. The van der Waals surface area contributed by atoms with Crippen LogP contribution in [0.15, 0.2) is 54.3 Å². The summed E-state index contributed by atoms with van der Waals surface area (Å²) in [6.45, 7) is 0. The zero-order valence-electron chi connectivity index (χ0n) is 13.1. The lowest BCUT2D eigenvalue weighted by Gasteiger charge is -2.17. The molecule has 0 saturated carbocycles. The molecule has 0 saturated heterocycles. The molecule has 0 spiro atoms. The Morgan fingerprint density at radius 3 is 2.08 bits per heavy atom. The number of aliphatic hydroxyl groups is 1. The Balaban J connectivity index is 2.12. The van der Waals surface area contributed by atoms with Crippen molar-refractivity contribution in [1.29, 1.82) is 0 Å². The Hall–Kier alpha value is -3.28. The van der Waals surface area contributed by atoms with Crippen LogP contribution in [-0.4, -0.2) is 31.1 Å². The summed E-state index contributed by atoms with van der Waals surface area (Å²) in [7, 11) is 2.90. The third kappa shape index (κ3) is 2.28. The van der Waals surface area contributed by atoms with Gasteiger partial charge in [-0.05, 0) is 18.2 Å². The average molecular weight is 325 g/mol. The van der Waals surface area contributed by atoms with E-state index in [2.05, 4.69) is 0 Å². The highest BCUT2D eigenvalue weighted by molar-refractivity contribution is 6.45. The molecule has 2 aromatic rings. The van der Waals surface area contributed by atoms with Crippen LogP contribution in [-0.2, 0) is 9.59 Å². The molecule has 0 fully saturated rings. The van der Waals surface area contributed by atoms with Gasteiger partial charge in [0.1, 0.15) is 11.5 Å². The highest BCUT2D eigenvalue weighted by Gasteiger charge is 2.42. The van der Waals surface area contributed by atoms with Crippen molar-refractivity contribution < 1.29 is 24.2 Å². The highest BCUT2D eigenvalue weighted by atomic mass is 16.5. The predicted molar refractivity (Wildman–Crippen MR) is 88.0 cm³/mol. The molecule has 0 atom stereocenters. The normalized spacial score (nSPS) is 14.3. The van der Waals surface area contributed by atoms with Crippen LogP contribution < -0.4 is 14.4 Å². The van der Waals surface area contributed by atoms with Crippen LogP contribution in [0.4, 0.5) is 5.69 Å². The van der Waals surface area contributed by atoms with Crippen LogP contribution >= 0.6 is 0 Å². The van der Waals surface area contributed by atoms with Gasteiger partial charge in [-0.2, -0.15) is 0 Å². The van der Waals surface area contributed by atoms with Gasteiger partial charge in [-0.3, -0.25) is 9.59 Å². The van der Waals surface area contributed by atoms with Gasteiger partial charge in [-0.15, -0.1) is 0 Å². The zero-order chi connectivity index (χ0) is 17.3. The molecule has 6 nitrogen and oxygen atoms in total. The van der Waals surface area contributed by atoms with Crippen LogP contribution in [0.25, 0.3) is 5.57 Å². The number of aliphatic hydroxyl groups excluding tert-OH is 1. The first-order chi connectivity index (χ1) is 11.6. The highest BCUT2D eigenvalue weighted by Crippen LogP contribution is 2.38. The number of imide groups is 1. The molecular formula is C18H15NO5. The van der Waals surface area contributed by atoms with Crippen LogP contribution in [0.5, 0.6) is 11.5 Å². The van der Waals surface area contributed by atoms with Crippen molar-refractivity contribution in [1.82, 2.24) is 0 Å². The number of amides is 2. The van der Waals surface area contributed by atoms with E-state index in [0.29, 0.717) is 17.1 Å². The second-order valence-electron chi connectivity index (χ2n) is 5.04. The number of ether oxygens (including phenoxy) is 2. The number of benzene rings is 2. The van der Waals surface area contributed by atoms with Crippen LogP contribution in [0, 0.1) is 0 Å². The van der Waals surface area contributed by atoms with Gasteiger partial charge < -0.3 is 14.6 Å². The van der Waals surface area contributed by atoms with E-state index >= 15 is 0 Å². The molecule has 0 unspecified atom stereocenters. The molecule has 2 aromatic carbocycles. The summed E-state index contributed by atoms with van der Waals surface area (Å²) in [6, 6.07) is 13.3. The lowest BCUT2D eigenvalue weighted by Crippen LogP contribution is -2.31. The SMILES string of the molecule is COc1ccccc1C1=C(O)C(=O)N(c2ccccc2OC)C1=O. The smallest absolute Gasteiger partial charge is 0.301 e. The Kier molecular flexibility index (Phi) is 3.95. The topological polar surface area (TPSA) is 76.1 Å². The number of carbonyl (C=O) groups excluding carboxylic acids is 2. The summed E-state index contributed by atoms with van der Waals surface area (Å²) in [6.07, 6.45) is 0. The van der Waals surface area contributed by atoms with E-state index in [1.54, 1.807) is 48.5 Å². The van der Waals surface area contributed by atoms with E-state index in [-0.39, 0.29) is 11.3 Å². The van der Waals surface area contributed by atoms with Crippen molar-refractivity contribution >= 4 is 23.1 Å². The lowest BCUT2D eigenvalue weighted by atomic mass is 10.0. The number of nitrogens with zero attached hydrogens (tertiary/aromatic N) is 1. The second kappa shape index (κ2) is 6.08. The van der Waals surface area contributed by atoms with Crippen molar-refractivity contribution in [2.45, 2.75) is 0 Å². The molecular weight excluding hydrogens is 310 g/mol. The van der Waals surface area contributed by atoms with Gasteiger partial charge in [0, 0.05) is 5.56 Å². The molecule has 1 aliphatic heterocycles. The molecule has 1 N–H and O–H groups in total. The van der Waals surface area contributed by atoms with Gasteiger partial charge in [-0.1, -0.05) is 30.3 Å². The molecule has 0 aliphatic carbocycles. The molecule has 0 radical (unpaired) electrons. The molecule has 24 heavy (non-hydrogen) atoms. The number of methoxy groups -OCH3 is 2. The second-order valence-corrected chi connectivity index (χ2v) is 5.04. The van der Waals surface area contributed by atoms with Crippen LogP contribution in [0.2, 0.25) is 0 Å². The van der Waals surface area contributed by atoms with Gasteiger partial charge in [0.05, 0.1) is 25.5 Å². The minimum atomic E-state index is -0.801. The molecule has 6 heteroatoms. The van der Waals surface area contributed by atoms with Gasteiger partial charge >= 0.3 is 5.91 Å². The molecule has 0 bridgehead atoms. The average Bonchev–Trinajstić information content (AvgIpc) is 2.84. The summed E-state index contributed by atoms with van der Waals surface area (Å²) in [5.74, 6) is -1.30. The first kappa shape index (κ1) is 15.6. The van der Waals surface area contributed by atoms with E-state index in [9.17, 15) is 14.7 Å². The molecule has 2 amide bonds. The predicted octanol–water partition coefficient (Wildman–Crippen LogP) is 2.55. The molecule has 1 heterocycles. The largest absolute Gasteiger partial charge is 0.502 e. The third-order valence-corrected chi connectivity index (χ3v) is 3.76. The van der Waals surface area contributed by atoms with E-state index in [1.165, 1.54) is 14.2 Å². The molecule has 122 valence electrons. The standard InChI is InChI=1S/C18H15NO5/c1-23-13-9-5-3-7-11(13)15-16(20)18(22)19(17(15)21)12-8-4-6-10-14(12)24-2/h3-10,20H,1-2H3. The minimum absolute atomic E-state index is 0.0941. The Morgan fingerprint density at radius 2 is 1.42 bits per heavy atom. The van der Waals surface area contributed by atoms with Crippen LogP contribution in [0.3, 0.4) is 0 Å². The van der Waals surface area contributed by atoms with Gasteiger partial charge in [0.15, 0.2) is 5.76 Å². The number of anilines is 1. The minimum Gasteiger partial charge on any atom is -0.502 e. The maximum atomic E-state index is 12.8. The van der Waals surface area contributed by atoms with Gasteiger partial charge in [-0.25, -0.2) is 4.90 Å². The fraction of sp³-hybridized carbons (Fsp3) is 0.111. The van der Waals surface area contributed by atoms with Crippen molar-refractivity contribution in [3.8, 4) is 11.5 Å². The van der Waals surface area contributed by atoms with Crippen molar-refractivity contribution in [2.24, 2.45) is 0 Å². The monoisotopic (exact) mass is 325 g/mol. The number of rotatable bonds is 4. The summed E-state index contributed by atoms with van der Waals surface area (Å²) in [5.41, 5.74) is 0.531. The quantitative estimate of drug-likeness (QED) is 0.874. The maximum absolute atomic E-state index is 12.8. The van der Waals surface area contributed by atoms with E-state index < -0.39 is 17.6 Å². The van der Waals surface area contributed by atoms with Gasteiger partial charge in [0.2, 0.25) is 0 Å². The summed E-state index contributed by atoms with van der Waals surface area (Å²) in [4.78, 5) is 26.2. The van der Waals surface area contributed by atoms with E-state index in [1.807, 2.05) is 0 Å². The number of hydrogen-bond donors (Lipinski definition) is 1. The Morgan fingerprint density at radius 1 is 0.833 bits per heavy atom. The van der Waals surface area contributed by atoms with Crippen LogP contribution in [0.1, 0.15) is 5.56 Å². The number of para-hydroxylation sites is 3. The molecule has 1 aliphatic rings. The number of carbonyl (C=O) groups is 2. The third-order valence-electron chi connectivity index (χ3n) is 3.76. The first-order valence-electron chi connectivity index (χ1n) is 7.18. The fourth-order valence-corrected chi connectivity index (χ4v) is 2.65. The Bertz CT molecular complexity index is 856. The summed E-state index contributed by atoms with van der Waals surface area (Å²) < 4.78 is 10.4. The van der Waals surface area contributed by atoms with E-state index in [0.717, 1.165) is 4.90 Å². The van der Waals surface area contributed by atoms with E-state index in [4.69, 9.17) is 9.47 Å². The van der Waals surface area contributed by atoms with Crippen molar-refractivity contribution in [3.63, 3.8) is 0 Å². The van der Waals surface area contributed by atoms with Gasteiger partial charge in [0.25, 0.3) is 5.91 Å². The first-order valence-corrected chi connectivity index (χ1v) is 7.18. The zero-order valence-corrected chi connectivity index (χ0v) is 13.1. The van der Waals surface area contributed by atoms with Crippen molar-refractivity contribution in [2.75, 3.05) is 19.1 Å². The molecule has 3 rings (SSSR count). The summed E-state index contributed by atoms with van der Waals surface area (Å²) in [5, 5.41) is 10.3. The van der Waals surface area contributed by atoms with Crippen molar-refractivity contribution in [3.05, 3.63) is 59.9 Å². The Labute approximate surface area is 138 Å². The number of hydrogen-bond acceptors (Lipinski definition) is 5. The fourth-order valence-electron chi connectivity index (χ4n) is 2.65. The lowest BCUT2D eigenvalue weighted by molar-refractivity contribution is -0.121.